The van der Waals surface area contributed by atoms with E-state index in [2.05, 4.69) is 21.8 Å². The molecule has 1 saturated heterocycles. The second kappa shape index (κ2) is 8.79. The fourth-order valence-electron chi connectivity index (χ4n) is 2.45. The van der Waals surface area contributed by atoms with Crippen molar-refractivity contribution in [1.29, 1.82) is 0 Å². The van der Waals surface area contributed by atoms with E-state index in [4.69, 9.17) is 9.47 Å². The van der Waals surface area contributed by atoms with Crippen LogP contribution in [-0.2, 0) is 27.2 Å². The normalized spacial score (nSPS) is 18.6. The molecule has 2 heterocycles. The summed E-state index contributed by atoms with van der Waals surface area (Å²) in [5.41, 5.74) is 0. The van der Waals surface area contributed by atoms with E-state index in [9.17, 15) is 4.79 Å². The molecule has 21 heavy (non-hydrogen) atoms. The van der Waals surface area contributed by atoms with Gasteiger partial charge in [0.25, 0.3) is 0 Å². The van der Waals surface area contributed by atoms with E-state index in [1.165, 1.54) is 6.42 Å². The van der Waals surface area contributed by atoms with Crippen molar-refractivity contribution >= 4 is 5.91 Å². The smallest absolute Gasteiger partial charge is 0.246 e. The SMILES string of the molecule is CCc1nccn1CCNC(=O)COC[C@H]1CCCCO1. The summed E-state index contributed by atoms with van der Waals surface area (Å²) in [5, 5.41) is 2.86. The van der Waals surface area contributed by atoms with Crippen molar-refractivity contribution < 1.29 is 14.3 Å². The first-order valence-electron chi connectivity index (χ1n) is 7.75. The maximum Gasteiger partial charge on any atom is 0.246 e. The van der Waals surface area contributed by atoms with Crippen molar-refractivity contribution in [3.63, 3.8) is 0 Å². The largest absolute Gasteiger partial charge is 0.376 e. The number of nitrogens with zero attached hydrogens (tertiary/aromatic N) is 2. The topological polar surface area (TPSA) is 65.4 Å². The summed E-state index contributed by atoms with van der Waals surface area (Å²) in [7, 11) is 0. The van der Waals surface area contributed by atoms with Gasteiger partial charge in [-0.3, -0.25) is 4.79 Å². The van der Waals surface area contributed by atoms with E-state index in [1.54, 1.807) is 6.20 Å². The van der Waals surface area contributed by atoms with E-state index in [-0.39, 0.29) is 18.6 Å². The molecular formula is C15H25N3O3. The molecule has 1 N–H and O–H groups in total. The van der Waals surface area contributed by atoms with Gasteiger partial charge in [-0.25, -0.2) is 4.98 Å². The van der Waals surface area contributed by atoms with E-state index in [0.717, 1.165) is 38.2 Å². The van der Waals surface area contributed by atoms with Crippen LogP contribution in [0.15, 0.2) is 12.4 Å². The Kier molecular flexibility index (Phi) is 6.69. The zero-order valence-corrected chi connectivity index (χ0v) is 12.7. The van der Waals surface area contributed by atoms with E-state index < -0.39 is 0 Å². The van der Waals surface area contributed by atoms with Gasteiger partial charge in [-0.05, 0) is 19.3 Å². The minimum absolute atomic E-state index is 0.0797. The highest BCUT2D eigenvalue weighted by molar-refractivity contribution is 5.77. The molecule has 2 rings (SSSR count). The summed E-state index contributed by atoms with van der Waals surface area (Å²) >= 11 is 0. The van der Waals surface area contributed by atoms with Crippen molar-refractivity contribution in [2.24, 2.45) is 0 Å². The molecule has 1 aromatic heterocycles. The minimum Gasteiger partial charge on any atom is -0.376 e. The van der Waals surface area contributed by atoms with Gasteiger partial charge in [-0.2, -0.15) is 0 Å². The van der Waals surface area contributed by atoms with Gasteiger partial charge in [0.05, 0.1) is 12.7 Å². The maximum absolute atomic E-state index is 11.7. The standard InChI is InChI=1S/C15H25N3O3/c1-2-14-16-6-8-18(14)9-7-17-15(19)12-20-11-13-5-3-4-10-21-13/h6,8,13H,2-5,7,9-12H2,1H3,(H,17,19)/t13-/m1/s1. The van der Waals surface area contributed by atoms with Crippen LogP contribution in [-0.4, -0.2) is 47.9 Å². The van der Waals surface area contributed by atoms with Crippen LogP contribution in [0, 0.1) is 0 Å². The number of carbonyl (C=O) groups excluding carboxylic acids is 1. The van der Waals surface area contributed by atoms with Gasteiger partial charge < -0.3 is 19.4 Å². The molecule has 0 radical (unpaired) electrons. The average Bonchev–Trinajstić information content (AvgIpc) is 2.96. The third-order valence-corrected chi connectivity index (χ3v) is 3.60. The van der Waals surface area contributed by atoms with Crippen LogP contribution in [0.5, 0.6) is 0 Å². The number of nitrogens with one attached hydrogen (secondary N) is 1. The first-order chi connectivity index (χ1) is 10.3. The fourth-order valence-corrected chi connectivity index (χ4v) is 2.45. The minimum atomic E-state index is -0.0797. The van der Waals surface area contributed by atoms with Crippen molar-refractivity contribution in [3.05, 3.63) is 18.2 Å². The third kappa shape index (κ3) is 5.47. The summed E-state index contributed by atoms with van der Waals surface area (Å²) in [6.07, 6.45) is 8.11. The van der Waals surface area contributed by atoms with Gasteiger partial charge in [0.2, 0.25) is 5.91 Å². The lowest BCUT2D eigenvalue weighted by Gasteiger charge is -2.22. The summed E-state index contributed by atoms with van der Waals surface area (Å²) in [6, 6.07) is 0. The molecule has 0 saturated carbocycles. The molecule has 0 spiro atoms. The van der Waals surface area contributed by atoms with Crippen LogP contribution >= 0.6 is 0 Å². The van der Waals surface area contributed by atoms with Crippen LogP contribution in [0.1, 0.15) is 32.0 Å². The van der Waals surface area contributed by atoms with Gasteiger partial charge in [0.1, 0.15) is 12.4 Å². The lowest BCUT2D eigenvalue weighted by atomic mass is 10.1. The molecule has 6 nitrogen and oxygen atoms in total. The Morgan fingerprint density at radius 2 is 2.48 bits per heavy atom. The van der Waals surface area contributed by atoms with Crippen LogP contribution in [0.2, 0.25) is 0 Å². The quantitative estimate of drug-likeness (QED) is 0.781. The van der Waals surface area contributed by atoms with Crippen molar-refractivity contribution in [3.8, 4) is 0 Å². The molecular weight excluding hydrogens is 270 g/mol. The zero-order valence-electron chi connectivity index (χ0n) is 12.7. The molecule has 1 amide bonds. The van der Waals surface area contributed by atoms with Crippen molar-refractivity contribution in [2.75, 3.05) is 26.4 Å². The van der Waals surface area contributed by atoms with Crippen LogP contribution < -0.4 is 5.32 Å². The maximum atomic E-state index is 11.7. The molecule has 0 bridgehead atoms. The molecule has 0 aromatic carbocycles. The van der Waals surface area contributed by atoms with E-state index in [0.29, 0.717) is 13.2 Å². The fraction of sp³-hybridized carbons (Fsp3) is 0.733. The van der Waals surface area contributed by atoms with Crippen LogP contribution in [0.3, 0.4) is 0 Å². The summed E-state index contributed by atoms with van der Waals surface area (Å²) in [5.74, 6) is 0.957. The molecule has 1 atom stereocenters. The summed E-state index contributed by atoms with van der Waals surface area (Å²) < 4.78 is 13.0. The predicted molar refractivity (Wildman–Crippen MR) is 79.0 cm³/mol. The Hall–Kier alpha value is -1.40. The number of hydrogen-bond acceptors (Lipinski definition) is 4. The zero-order chi connectivity index (χ0) is 14.9. The Morgan fingerprint density at radius 3 is 3.24 bits per heavy atom. The Bertz CT molecular complexity index is 428. The average molecular weight is 295 g/mol. The lowest BCUT2D eigenvalue weighted by Crippen LogP contribution is -2.32. The highest BCUT2D eigenvalue weighted by atomic mass is 16.5. The molecule has 1 aliphatic heterocycles. The second-order valence-electron chi connectivity index (χ2n) is 5.24. The van der Waals surface area contributed by atoms with Crippen LogP contribution in [0.25, 0.3) is 0 Å². The molecule has 1 aliphatic rings. The number of ether oxygens (including phenoxy) is 2. The van der Waals surface area contributed by atoms with Gasteiger partial charge >= 0.3 is 0 Å². The molecule has 1 fully saturated rings. The van der Waals surface area contributed by atoms with Crippen molar-refractivity contribution in [2.45, 2.75) is 45.3 Å². The van der Waals surface area contributed by atoms with Crippen molar-refractivity contribution in [1.82, 2.24) is 14.9 Å². The first kappa shape index (κ1) is 16.0. The molecule has 0 aliphatic carbocycles. The monoisotopic (exact) mass is 295 g/mol. The summed E-state index contributed by atoms with van der Waals surface area (Å²) in [6.45, 7) is 4.81. The molecule has 1 aromatic rings. The lowest BCUT2D eigenvalue weighted by molar-refractivity contribution is -0.127. The van der Waals surface area contributed by atoms with Gasteiger partial charge in [0, 0.05) is 38.5 Å². The Morgan fingerprint density at radius 1 is 1.57 bits per heavy atom. The number of aromatic nitrogens is 2. The number of amides is 1. The summed E-state index contributed by atoms with van der Waals surface area (Å²) in [4.78, 5) is 15.9. The third-order valence-electron chi connectivity index (χ3n) is 3.60. The molecule has 118 valence electrons. The number of carbonyl (C=O) groups is 1. The number of imidazole rings is 1. The van der Waals surface area contributed by atoms with Gasteiger partial charge in [0.15, 0.2) is 0 Å². The number of hydrogen-bond donors (Lipinski definition) is 1. The highest BCUT2D eigenvalue weighted by Crippen LogP contribution is 2.12. The molecule has 6 heteroatoms. The van der Waals surface area contributed by atoms with Crippen LogP contribution in [0.4, 0.5) is 0 Å². The van der Waals surface area contributed by atoms with Gasteiger partial charge in [-0.15, -0.1) is 0 Å². The first-order valence-corrected chi connectivity index (χ1v) is 7.75. The van der Waals surface area contributed by atoms with Gasteiger partial charge in [-0.1, -0.05) is 6.92 Å². The molecule has 0 unspecified atom stereocenters. The Balaban J connectivity index is 1.55. The number of rotatable bonds is 8. The Labute approximate surface area is 125 Å². The highest BCUT2D eigenvalue weighted by Gasteiger charge is 2.14. The van der Waals surface area contributed by atoms with E-state index >= 15 is 0 Å². The predicted octanol–water partition coefficient (Wildman–Crippen LogP) is 1.15. The number of aryl methyl sites for hydroxylation is 1. The van der Waals surface area contributed by atoms with E-state index in [1.807, 2.05) is 6.20 Å². The second-order valence-corrected chi connectivity index (χ2v) is 5.24.